The summed E-state index contributed by atoms with van der Waals surface area (Å²) in [5.41, 5.74) is 0.541. The maximum atomic E-state index is 14.5. The number of carbonyl (C=O) groups excluding carboxylic acids is 3. The van der Waals surface area contributed by atoms with E-state index in [-0.39, 0.29) is 41.2 Å². The fraction of sp³-hybridized carbons (Fsp3) is 0.523. The molecule has 3 amide bonds. The first-order valence-electron chi connectivity index (χ1n) is 19.6. The zero-order valence-electron chi connectivity index (χ0n) is 32.1. The van der Waals surface area contributed by atoms with Crippen molar-refractivity contribution in [3.05, 3.63) is 96.6 Å². The third-order valence-electron chi connectivity index (χ3n) is 11.3. The SMILES string of the molecule is CC(C)C[C@@H]1NC(=O)C(Cc2ccccc2)CCCCCCC2(CCNC2=O)C[C@@H](CO[Si](c2ccccc2)(c2ccccc2)C(C)(C)C)NC1=O. The fourth-order valence-corrected chi connectivity index (χ4v) is 13.2. The molecular weight excluding hydrogens is 663 g/mol. The lowest BCUT2D eigenvalue weighted by Gasteiger charge is -2.44. The van der Waals surface area contributed by atoms with E-state index in [0.29, 0.717) is 25.8 Å². The van der Waals surface area contributed by atoms with Crippen molar-refractivity contribution < 1.29 is 18.8 Å². The van der Waals surface area contributed by atoms with Crippen molar-refractivity contribution >= 4 is 36.4 Å². The van der Waals surface area contributed by atoms with Crippen molar-refractivity contribution in [3.8, 4) is 0 Å². The molecule has 1 spiro atoms. The minimum absolute atomic E-state index is 0.0636. The number of rotatable bonds is 9. The van der Waals surface area contributed by atoms with Crippen LogP contribution in [0.15, 0.2) is 91.0 Å². The predicted octanol–water partition coefficient (Wildman–Crippen LogP) is 6.69. The van der Waals surface area contributed by atoms with E-state index in [1.807, 2.05) is 30.3 Å². The second-order valence-electron chi connectivity index (χ2n) is 16.7. The molecular formula is C44H61N3O4Si. The molecule has 3 N–H and O–H groups in total. The summed E-state index contributed by atoms with van der Waals surface area (Å²) < 4.78 is 7.41. The molecule has 2 aliphatic rings. The van der Waals surface area contributed by atoms with Gasteiger partial charge in [-0.05, 0) is 65.4 Å². The molecule has 4 atom stereocenters. The Morgan fingerprint density at radius 1 is 0.769 bits per heavy atom. The molecule has 2 fully saturated rings. The molecule has 280 valence electrons. The minimum atomic E-state index is -2.94. The van der Waals surface area contributed by atoms with Crippen LogP contribution in [0.3, 0.4) is 0 Å². The van der Waals surface area contributed by atoms with Gasteiger partial charge in [0.25, 0.3) is 8.32 Å². The molecule has 3 aromatic rings. The summed E-state index contributed by atoms with van der Waals surface area (Å²) in [7, 11) is -2.94. The van der Waals surface area contributed by atoms with Gasteiger partial charge in [0.2, 0.25) is 17.7 Å². The maximum Gasteiger partial charge on any atom is 0.261 e. The van der Waals surface area contributed by atoms with Crippen LogP contribution >= 0.6 is 0 Å². The van der Waals surface area contributed by atoms with Gasteiger partial charge in [-0.25, -0.2) is 0 Å². The average Bonchev–Trinajstić information content (AvgIpc) is 3.48. The summed E-state index contributed by atoms with van der Waals surface area (Å²) in [6, 6.07) is 30.1. The van der Waals surface area contributed by atoms with Crippen molar-refractivity contribution in [2.24, 2.45) is 17.3 Å². The standard InChI is InChI=1S/C44H61N3O4Si/c1-33(2)29-39-41(49)46-36(32-51-52(43(3,4)5,37-22-14-9-15-23-37)38-24-16-10-17-25-38)31-44(27-28-45-42(44)50)26-18-7-6-13-21-35(40(48)47-39)30-34-19-11-8-12-20-34/h8-12,14-17,19-20,22-25,33,35-36,39H,6-7,13,18,21,26-32H2,1-5H3,(H,45,50)(H,46,49)(H,47,48)/t35?,36-,39-,44?/m0/s1. The lowest BCUT2D eigenvalue weighted by molar-refractivity contribution is -0.133. The topological polar surface area (TPSA) is 96.5 Å². The Bertz CT molecular complexity index is 1550. The van der Waals surface area contributed by atoms with Crippen LogP contribution < -0.4 is 26.3 Å². The zero-order chi connectivity index (χ0) is 37.2. The molecule has 2 saturated heterocycles. The van der Waals surface area contributed by atoms with Crippen molar-refractivity contribution in [2.45, 2.75) is 116 Å². The molecule has 0 aromatic heterocycles. The van der Waals surface area contributed by atoms with E-state index in [1.54, 1.807) is 0 Å². The summed E-state index contributed by atoms with van der Waals surface area (Å²) >= 11 is 0. The lowest BCUT2D eigenvalue weighted by Crippen LogP contribution is -2.67. The first kappa shape index (κ1) is 39.5. The highest BCUT2D eigenvalue weighted by Gasteiger charge is 2.51. The summed E-state index contributed by atoms with van der Waals surface area (Å²) in [5.74, 6) is -0.233. The minimum Gasteiger partial charge on any atom is -0.405 e. The molecule has 3 aromatic carbocycles. The van der Waals surface area contributed by atoms with Crippen molar-refractivity contribution in [2.75, 3.05) is 13.2 Å². The highest BCUT2D eigenvalue weighted by Crippen LogP contribution is 2.40. The average molecular weight is 724 g/mol. The molecule has 0 aliphatic carbocycles. The van der Waals surface area contributed by atoms with E-state index in [4.69, 9.17) is 4.43 Å². The van der Waals surface area contributed by atoms with Gasteiger partial charge in [0.1, 0.15) is 6.04 Å². The fourth-order valence-electron chi connectivity index (χ4n) is 8.59. The van der Waals surface area contributed by atoms with Crippen molar-refractivity contribution in [1.82, 2.24) is 16.0 Å². The van der Waals surface area contributed by atoms with Crippen molar-refractivity contribution in [1.29, 1.82) is 0 Å². The highest BCUT2D eigenvalue weighted by atomic mass is 28.4. The number of hydrogen-bond donors (Lipinski definition) is 3. The molecule has 52 heavy (non-hydrogen) atoms. The Labute approximate surface area is 313 Å². The largest absolute Gasteiger partial charge is 0.405 e. The molecule has 0 saturated carbocycles. The van der Waals surface area contributed by atoms with E-state index in [1.165, 1.54) is 10.4 Å². The lowest BCUT2D eigenvalue weighted by atomic mass is 9.75. The molecule has 0 radical (unpaired) electrons. The van der Waals surface area contributed by atoms with Crippen LogP contribution in [0.25, 0.3) is 0 Å². The van der Waals surface area contributed by atoms with Gasteiger partial charge < -0.3 is 20.4 Å². The molecule has 2 heterocycles. The number of amides is 3. The first-order chi connectivity index (χ1) is 24.9. The molecule has 5 rings (SSSR count). The van der Waals surface area contributed by atoms with Crippen LogP contribution in [0.1, 0.15) is 98.0 Å². The van der Waals surface area contributed by atoms with Crippen LogP contribution in [-0.4, -0.2) is 51.3 Å². The summed E-state index contributed by atoms with van der Waals surface area (Å²) in [6.45, 7) is 11.8. The number of hydrogen-bond acceptors (Lipinski definition) is 4. The number of carbonyl (C=O) groups is 3. The summed E-state index contributed by atoms with van der Waals surface area (Å²) in [5, 5.41) is 11.8. The normalized spacial score (nSPS) is 24.1. The Hall–Kier alpha value is -3.75. The summed E-state index contributed by atoms with van der Waals surface area (Å²) in [4.78, 5) is 42.3. The van der Waals surface area contributed by atoms with E-state index >= 15 is 0 Å². The third-order valence-corrected chi connectivity index (χ3v) is 16.3. The van der Waals surface area contributed by atoms with Gasteiger partial charge in [-0.2, -0.15) is 0 Å². The van der Waals surface area contributed by atoms with E-state index in [9.17, 15) is 14.4 Å². The Balaban J connectivity index is 1.51. The second-order valence-corrected chi connectivity index (χ2v) is 21.0. The maximum absolute atomic E-state index is 14.5. The van der Waals surface area contributed by atoms with Gasteiger partial charge in [-0.1, -0.05) is 151 Å². The molecule has 7 nitrogen and oxygen atoms in total. The predicted molar refractivity (Wildman–Crippen MR) is 213 cm³/mol. The molecule has 2 aliphatic heterocycles. The van der Waals surface area contributed by atoms with Gasteiger partial charge in [0, 0.05) is 12.5 Å². The second kappa shape index (κ2) is 17.8. The third kappa shape index (κ3) is 9.61. The van der Waals surface area contributed by atoms with Crippen LogP contribution in [0.4, 0.5) is 0 Å². The Morgan fingerprint density at radius 3 is 1.92 bits per heavy atom. The van der Waals surface area contributed by atoms with Crippen LogP contribution in [0.5, 0.6) is 0 Å². The number of nitrogens with one attached hydrogen (secondary N) is 3. The molecule has 8 heteroatoms. The summed E-state index contributed by atoms with van der Waals surface area (Å²) in [6.07, 6.45) is 7.77. The zero-order valence-corrected chi connectivity index (χ0v) is 33.1. The number of benzene rings is 3. The molecule has 2 unspecified atom stereocenters. The monoisotopic (exact) mass is 723 g/mol. The molecule has 0 bridgehead atoms. The van der Waals surface area contributed by atoms with Gasteiger partial charge in [-0.3, -0.25) is 14.4 Å². The smallest absolute Gasteiger partial charge is 0.261 e. The van der Waals surface area contributed by atoms with Crippen LogP contribution in [0.2, 0.25) is 5.04 Å². The van der Waals surface area contributed by atoms with Gasteiger partial charge in [0.05, 0.1) is 18.1 Å². The van der Waals surface area contributed by atoms with Crippen molar-refractivity contribution in [3.63, 3.8) is 0 Å². The Kier molecular flexibility index (Phi) is 13.5. The van der Waals surface area contributed by atoms with Crippen LogP contribution in [0, 0.1) is 17.3 Å². The highest BCUT2D eigenvalue weighted by molar-refractivity contribution is 6.99. The van der Waals surface area contributed by atoms with E-state index in [0.717, 1.165) is 50.5 Å². The van der Waals surface area contributed by atoms with E-state index < -0.39 is 25.8 Å². The Morgan fingerprint density at radius 2 is 1.37 bits per heavy atom. The van der Waals surface area contributed by atoms with Crippen LogP contribution in [-0.2, 0) is 25.2 Å². The van der Waals surface area contributed by atoms with E-state index in [2.05, 4.69) is 111 Å². The van der Waals surface area contributed by atoms with Gasteiger partial charge in [0.15, 0.2) is 0 Å². The van der Waals surface area contributed by atoms with Gasteiger partial charge >= 0.3 is 0 Å². The quantitative estimate of drug-likeness (QED) is 0.215. The van der Waals surface area contributed by atoms with Gasteiger partial charge in [-0.15, -0.1) is 0 Å². The first-order valence-corrected chi connectivity index (χ1v) is 21.5.